The molecule has 4 aromatic rings. The van der Waals surface area contributed by atoms with E-state index < -0.39 is 20.3 Å². The van der Waals surface area contributed by atoms with Crippen molar-refractivity contribution in [2.45, 2.75) is 4.90 Å². The van der Waals surface area contributed by atoms with E-state index in [2.05, 4.69) is 4.98 Å². The van der Waals surface area contributed by atoms with E-state index >= 15 is 0 Å². The summed E-state index contributed by atoms with van der Waals surface area (Å²) < 4.78 is 33.1. The molecule has 7 nitrogen and oxygen atoms in total. The second-order valence-corrected chi connectivity index (χ2v) is 9.49. The van der Waals surface area contributed by atoms with E-state index in [0.717, 1.165) is 6.08 Å². The molecular weight excluding hydrogens is 485 g/mol. The van der Waals surface area contributed by atoms with Crippen LogP contribution in [-0.2, 0) is 9.84 Å². The van der Waals surface area contributed by atoms with Gasteiger partial charge >= 0.3 is 0 Å². The summed E-state index contributed by atoms with van der Waals surface area (Å²) in [6.45, 7) is 0. The van der Waals surface area contributed by atoms with Gasteiger partial charge in [0.05, 0.1) is 4.90 Å². The Balaban J connectivity index is 1.92. The van der Waals surface area contributed by atoms with Crippen molar-refractivity contribution in [1.29, 1.82) is 5.26 Å². The first-order valence-corrected chi connectivity index (χ1v) is 11.6. The molecule has 0 fully saturated rings. The molecule has 0 aliphatic carbocycles. The molecule has 0 amide bonds. The molecular formula is C23H13Cl2N3O4S. The lowest BCUT2D eigenvalue weighted by atomic mass is 10.2. The van der Waals surface area contributed by atoms with Crippen molar-refractivity contribution in [1.82, 2.24) is 9.38 Å². The van der Waals surface area contributed by atoms with Crippen LogP contribution in [0, 0.1) is 11.3 Å². The number of sulfone groups is 1. The first-order valence-electron chi connectivity index (χ1n) is 9.37. The maximum Gasteiger partial charge on any atom is 0.269 e. The molecule has 0 spiro atoms. The molecule has 0 unspecified atom stereocenters. The number of hydrogen-bond acceptors (Lipinski definition) is 6. The van der Waals surface area contributed by atoms with E-state index in [0.29, 0.717) is 15.8 Å². The summed E-state index contributed by atoms with van der Waals surface area (Å²) in [5.74, 6) is 0.160. The number of ether oxygens (including phenoxy) is 1. The normalized spacial score (nSPS) is 11.8. The molecule has 0 saturated heterocycles. The molecule has 4 rings (SSSR count). The zero-order valence-corrected chi connectivity index (χ0v) is 19.0. The van der Waals surface area contributed by atoms with E-state index in [-0.39, 0.29) is 22.0 Å². The second kappa shape index (κ2) is 9.08. The summed E-state index contributed by atoms with van der Waals surface area (Å²) >= 11 is 11.7. The van der Waals surface area contributed by atoms with Gasteiger partial charge in [-0.3, -0.25) is 9.20 Å². The average Bonchev–Trinajstić information content (AvgIpc) is 2.80. The maximum atomic E-state index is 13.2. The lowest BCUT2D eigenvalue weighted by Crippen LogP contribution is -2.19. The third-order valence-corrected chi connectivity index (χ3v) is 6.75. The van der Waals surface area contributed by atoms with Crippen LogP contribution in [0.4, 0.5) is 0 Å². The summed E-state index contributed by atoms with van der Waals surface area (Å²) in [5.41, 5.74) is -0.533. The number of rotatable bonds is 5. The minimum atomic E-state index is -4.24. The summed E-state index contributed by atoms with van der Waals surface area (Å²) in [6, 6.07) is 18.2. The monoisotopic (exact) mass is 497 g/mol. The van der Waals surface area contributed by atoms with Crippen molar-refractivity contribution in [2.24, 2.45) is 0 Å². The molecule has 2 aromatic carbocycles. The van der Waals surface area contributed by atoms with Crippen LogP contribution in [-0.4, -0.2) is 17.8 Å². The highest BCUT2D eigenvalue weighted by Crippen LogP contribution is 2.28. The minimum Gasteiger partial charge on any atom is -0.438 e. The van der Waals surface area contributed by atoms with Crippen LogP contribution in [0.5, 0.6) is 11.6 Å². The molecule has 2 aromatic heterocycles. The molecule has 0 saturated carbocycles. The lowest BCUT2D eigenvalue weighted by Gasteiger charge is -2.10. The van der Waals surface area contributed by atoms with Gasteiger partial charge in [0.2, 0.25) is 15.7 Å². The molecule has 10 heteroatoms. The van der Waals surface area contributed by atoms with Crippen molar-refractivity contribution >= 4 is 44.8 Å². The number of benzene rings is 2. The van der Waals surface area contributed by atoms with Gasteiger partial charge in [0, 0.05) is 16.2 Å². The first kappa shape index (κ1) is 22.6. The molecule has 0 atom stereocenters. The highest BCUT2D eigenvalue weighted by molar-refractivity contribution is 7.95. The molecule has 164 valence electrons. The van der Waals surface area contributed by atoms with Gasteiger partial charge in [-0.2, -0.15) is 10.2 Å². The average molecular weight is 498 g/mol. The van der Waals surface area contributed by atoms with E-state index in [9.17, 15) is 18.5 Å². The predicted molar refractivity (Wildman–Crippen MR) is 125 cm³/mol. The lowest BCUT2D eigenvalue weighted by molar-refractivity contribution is 0.461. The fourth-order valence-electron chi connectivity index (χ4n) is 2.94. The van der Waals surface area contributed by atoms with Crippen molar-refractivity contribution in [3.8, 4) is 17.7 Å². The number of hydrogen-bond donors (Lipinski definition) is 0. The van der Waals surface area contributed by atoms with Crippen LogP contribution in [0.2, 0.25) is 10.0 Å². The quantitative estimate of drug-likeness (QED) is 0.354. The highest BCUT2D eigenvalue weighted by atomic mass is 35.5. The van der Waals surface area contributed by atoms with Gasteiger partial charge in [-0.25, -0.2) is 8.42 Å². The number of fused-ring (bicyclic) bond motifs is 1. The fourth-order valence-corrected chi connectivity index (χ4v) is 4.33. The SMILES string of the molecule is N#CC(=Cc1c(Oc2ccc(Cl)cc2)nc2ccccn2c1=O)S(=O)(=O)c1ccc(Cl)cc1. The Morgan fingerprint density at radius 3 is 2.27 bits per heavy atom. The summed E-state index contributed by atoms with van der Waals surface area (Å²) in [7, 11) is -4.24. The van der Waals surface area contributed by atoms with Crippen LogP contribution < -0.4 is 10.3 Å². The molecule has 33 heavy (non-hydrogen) atoms. The summed E-state index contributed by atoms with van der Waals surface area (Å²) in [6.07, 6.45) is 2.44. The van der Waals surface area contributed by atoms with Gasteiger partial charge in [-0.1, -0.05) is 29.3 Å². The Bertz CT molecular complexity index is 1590. The molecule has 0 aliphatic rings. The van der Waals surface area contributed by atoms with Crippen molar-refractivity contribution < 1.29 is 13.2 Å². The van der Waals surface area contributed by atoms with Gasteiger partial charge in [0.25, 0.3) is 5.56 Å². The zero-order valence-electron chi connectivity index (χ0n) is 16.6. The van der Waals surface area contributed by atoms with E-state index in [1.807, 2.05) is 0 Å². The predicted octanol–water partition coefficient (Wildman–Crippen LogP) is 5.13. The van der Waals surface area contributed by atoms with Crippen LogP contribution in [0.15, 0.2) is 87.5 Å². The molecule has 0 bridgehead atoms. The van der Waals surface area contributed by atoms with Crippen LogP contribution in [0.1, 0.15) is 5.56 Å². The van der Waals surface area contributed by atoms with Crippen LogP contribution in [0.25, 0.3) is 11.7 Å². The Kier molecular flexibility index (Phi) is 6.20. The first-order chi connectivity index (χ1) is 15.8. The second-order valence-electron chi connectivity index (χ2n) is 6.70. The number of pyridine rings is 1. The molecule has 0 N–H and O–H groups in total. The summed E-state index contributed by atoms with van der Waals surface area (Å²) in [5, 5.41) is 10.5. The van der Waals surface area contributed by atoms with Gasteiger partial charge in [-0.15, -0.1) is 0 Å². The number of halogens is 2. The molecule has 2 heterocycles. The minimum absolute atomic E-state index is 0.145. The molecule has 0 radical (unpaired) electrons. The van der Waals surface area contributed by atoms with Crippen LogP contribution >= 0.6 is 23.2 Å². The van der Waals surface area contributed by atoms with E-state index in [4.69, 9.17) is 27.9 Å². The standard InChI is InChI=1S/C23H13Cl2N3O4S/c24-15-4-8-17(9-5-15)32-22-20(23(29)28-12-2-1-3-21(28)27-22)13-19(14-26)33(30,31)18-10-6-16(25)7-11-18/h1-13H. The van der Waals surface area contributed by atoms with Crippen molar-refractivity contribution in [3.63, 3.8) is 0 Å². The van der Waals surface area contributed by atoms with Crippen molar-refractivity contribution in [3.05, 3.63) is 104 Å². The fraction of sp³-hybridized carbons (Fsp3) is 0. The number of nitrogens with zero attached hydrogens (tertiary/aromatic N) is 3. The zero-order chi connectivity index (χ0) is 23.6. The Morgan fingerprint density at radius 1 is 1.00 bits per heavy atom. The van der Waals surface area contributed by atoms with Gasteiger partial charge in [-0.05, 0) is 66.7 Å². The largest absolute Gasteiger partial charge is 0.438 e. The number of nitriles is 1. The number of allylic oxidation sites excluding steroid dienone is 1. The Hall–Kier alpha value is -3.64. The van der Waals surface area contributed by atoms with Gasteiger partial charge in [0.15, 0.2) is 0 Å². The van der Waals surface area contributed by atoms with E-state index in [1.165, 1.54) is 34.9 Å². The van der Waals surface area contributed by atoms with Gasteiger partial charge in [0.1, 0.15) is 27.9 Å². The van der Waals surface area contributed by atoms with Crippen molar-refractivity contribution in [2.75, 3.05) is 0 Å². The summed E-state index contributed by atoms with van der Waals surface area (Å²) in [4.78, 5) is 16.8. The topological polar surface area (TPSA) is 102 Å². The smallest absolute Gasteiger partial charge is 0.269 e. The van der Waals surface area contributed by atoms with Gasteiger partial charge < -0.3 is 4.74 Å². The Morgan fingerprint density at radius 2 is 1.64 bits per heavy atom. The molecule has 0 aliphatic heterocycles. The number of aromatic nitrogens is 2. The maximum absolute atomic E-state index is 13.2. The Labute approximate surface area is 198 Å². The highest BCUT2D eigenvalue weighted by Gasteiger charge is 2.23. The van der Waals surface area contributed by atoms with E-state index in [1.54, 1.807) is 48.5 Å². The third-order valence-electron chi connectivity index (χ3n) is 4.56. The third kappa shape index (κ3) is 4.61. The van der Waals surface area contributed by atoms with Crippen LogP contribution in [0.3, 0.4) is 0 Å².